The van der Waals surface area contributed by atoms with E-state index >= 15 is 0 Å². The number of hydrogen-bond donors (Lipinski definition) is 2. The summed E-state index contributed by atoms with van der Waals surface area (Å²) in [6, 6.07) is 12.0. The Morgan fingerprint density at radius 2 is 2.17 bits per heavy atom. The van der Waals surface area contributed by atoms with Crippen molar-refractivity contribution >= 4 is 17.0 Å². The molecule has 4 rings (SSSR count). The summed E-state index contributed by atoms with van der Waals surface area (Å²) in [6.07, 6.45) is 9.13. The second-order valence-corrected chi connectivity index (χ2v) is 7.70. The Balaban J connectivity index is 1.28. The van der Waals surface area contributed by atoms with E-state index < -0.39 is 6.10 Å². The third-order valence-electron chi connectivity index (χ3n) is 5.71. The quantitative estimate of drug-likeness (QED) is 0.594. The predicted octanol–water partition coefficient (Wildman–Crippen LogP) is 3.64. The zero-order valence-corrected chi connectivity index (χ0v) is 17.3. The Morgan fingerprint density at radius 3 is 2.93 bits per heavy atom. The number of hydrogen-bond acceptors (Lipinski definition) is 6. The van der Waals surface area contributed by atoms with Gasteiger partial charge in [-0.2, -0.15) is 0 Å². The van der Waals surface area contributed by atoms with Crippen LogP contribution >= 0.6 is 0 Å². The first kappa shape index (κ1) is 20.6. The van der Waals surface area contributed by atoms with Crippen molar-refractivity contribution < 1.29 is 14.3 Å². The van der Waals surface area contributed by atoms with Crippen LogP contribution in [-0.2, 0) is 0 Å². The molecule has 2 N–H and O–H groups in total. The van der Waals surface area contributed by atoms with Crippen LogP contribution in [0.25, 0.3) is 17.0 Å². The summed E-state index contributed by atoms with van der Waals surface area (Å²) in [6.45, 7) is 3.41. The van der Waals surface area contributed by atoms with E-state index in [1.165, 1.54) is 0 Å². The molecule has 158 valence electrons. The molecule has 0 spiro atoms. The first-order valence-corrected chi connectivity index (χ1v) is 10.5. The number of pyridine rings is 1. The van der Waals surface area contributed by atoms with Gasteiger partial charge >= 0.3 is 0 Å². The maximum atomic E-state index is 10.9. The smallest absolute Gasteiger partial charge is 0.126 e. The second-order valence-electron chi connectivity index (χ2n) is 7.70. The van der Waals surface area contributed by atoms with Gasteiger partial charge < -0.3 is 24.5 Å². The molecule has 0 saturated carbocycles. The van der Waals surface area contributed by atoms with Gasteiger partial charge in [-0.25, -0.2) is 0 Å². The molecule has 0 unspecified atom stereocenters. The van der Waals surface area contributed by atoms with E-state index in [4.69, 9.17) is 9.15 Å². The van der Waals surface area contributed by atoms with E-state index in [2.05, 4.69) is 21.3 Å². The number of β-amino-alcohol motifs (C(OH)–C–C–N with tert-alkyl or cyclic N) is 1. The van der Waals surface area contributed by atoms with Crippen molar-refractivity contribution in [3.05, 3.63) is 66.3 Å². The van der Waals surface area contributed by atoms with Gasteiger partial charge in [0.15, 0.2) is 0 Å². The topological polar surface area (TPSA) is 70.8 Å². The van der Waals surface area contributed by atoms with E-state index in [0.29, 0.717) is 12.6 Å². The number of aromatic nitrogens is 1. The van der Waals surface area contributed by atoms with E-state index in [9.17, 15) is 5.11 Å². The monoisotopic (exact) mass is 407 g/mol. The minimum Gasteiger partial charge on any atom is -0.497 e. The summed E-state index contributed by atoms with van der Waals surface area (Å²) >= 11 is 0. The highest BCUT2D eigenvalue weighted by molar-refractivity contribution is 5.83. The van der Waals surface area contributed by atoms with Gasteiger partial charge in [0.2, 0.25) is 0 Å². The average molecular weight is 408 g/mol. The zero-order valence-electron chi connectivity index (χ0n) is 17.3. The molecule has 1 fully saturated rings. The Hall–Kier alpha value is -2.67. The van der Waals surface area contributed by atoms with Crippen molar-refractivity contribution in [2.45, 2.75) is 25.0 Å². The molecule has 3 aromatic rings. The van der Waals surface area contributed by atoms with Gasteiger partial charge in [0.05, 0.1) is 25.0 Å². The van der Waals surface area contributed by atoms with Crippen molar-refractivity contribution in [2.75, 3.05) is 33.3 Å². The molecule has 0 aliphatic carbocycles. The second kappa shape index (κ2) is 9.89. The highest BCUT2D eigenvalue weighted by Gasteiger charge is 2.22. The number of likely N-dealkylation sites (tertiary alicyclic amines) is 1. The Labute approximate surface area is 177 Å². The Bertz CT molecular complexity index is 963. The highest BCUT2D eigenvalue weighted by Crippen LogP contribution is 2.27. The van der Waals surface area contributed by atoms with E-state index in [1.807, 2.05) is 42.5 Å². The van der Waals surface area contributed by atoms with Crippen molar-refractivity contribution in [2.24, 2.45) is 0 Å². The van der Waals surface area contributed by atoms with Crippen LogP contribution in [0.4, 0.5) is 0 Å². The number of benzene rings is 1. The molecule has 1 aliphatic heterocycles. The SMILES string of the molecule is COc1ccc2nccc([C@@H](O)CN3CCC(NC/C=C/c4ccco4)CC3)c2c1. The lowest BCUT2D eigenvalue weighted by atomic mass is 10.0. The number of ether oxygens (including phenoxy) is 1. The third-order valence-corrected chi connectivity index (χ3v) is 5.71. The van der Waals surface area contributed by atoms with Crippen LogP contribution in [0.2, 0.25) is 0 Å². The maximum absolute atomic E-state index is 10.9. The number of rotatable bonds is 8. The molecule has 3 heterocycles. The number of aliphatic hydroxyl groups is 1. The van der Waals surface area contributed by atoms with Gasteiger partial charge in [0.25, 0.3) is 0 Å². The van der Waals surface area contributed by atoms with Gasteiger partial charge in [-0.05, 0) is 74.0 Å². The van der Waals surface area contributed by atoms with Crippen LogP contribution in [0.3, 0.4) is 0 Å². The molecule has 6 nitrogen and oxygen atoms in total. The first-order chi connectivity index (χ1) is 14.7. The molecule has 30 heavy (non-hydrogen) atoms. The van der Waals surface area contributed by atoms with E-state index in [-0.39, 0.29) is 0 Å². The molecule has 0 bridgehead atoms. The fourth-order valence-electron chi connectivity index (χ4n) is 4.02. The number of piperidine rings is 1. The number of furan rings is 1. The number of aliphatic hydroxyl groups excluding tert-OH is 1. The molecule has 1 atom stereocenters. The van der Waals surface area contributed by atoms with E-state index in [0.717, 1.165) is 60.5 Å². The minimum absolute atomic E-state index is 0.505. The third kappa shape index (κ3) is 5.08. The van der Waals surface area contributed by atoms with Gasteiger partial charge in [0, 0.05) is 30.7 Å². The molecule has 1 aromatic carbocycles. The number of nitrogens with zero attached hydrogens (tertiary/aromatic N) is 2. The van der Waals surface area contributed by atoms with Crippen LogP contribution in [0.5, 0.6) is 5.75 Å². The Kier molecular flexibility index (Phi) is 6.79. The lowest BCUT2D eigenvalue weighted by Gasteiger charge is -2.33. The summed E-state index contributed by atoms with van der Waals surface area (Å²) in [7, 11) is 1.65. The Morgan fingerprint density at radius 1 is 1.30 bits per heavy atom. The van der Waals surface area contributed by atoms with Gasteiger partial charge in [-0.3, -0.25) is 4.98 Å². The predicted molar refractivity (Wildman–Crippen MR) is 118 cm³/mol. The number of nitrogens with one attached hydrogen (secondary N) is 1. The highest BCUT2D eigenvalue weighted by atomic mass is 16.5. The minimum atomic E-state index is -0.552. The zero-order chi connectivity index (χ0) is 20.8. The standard InChI is InChI=1S/C24H29N3O3/c1-29-20-6-7-23-22(16-20)21(8-12-26-23)24(28)17-27-13-9-18(10-14-27)25-11-2-4-19-5-3-15-30-19/h2-8,12,15-16,18,24-25,28H,9-11,13-14,17H2,1H3/b4-2+/t24-/m0/s1. The van der Waals surface area contributed by atoms with Gasteiger partial charge in [-0.1, -0.05) is 6.08 Å². The summed E-state index contributed by atoms with van der Waals surface area (Å²) in [5.41, 5.74) is 1.78. The summed E-state index contributed by atoms with van der Waals surface area (Å²) in [4.78, 5) is 6.75. The molecule has 2 aromatic heterocycles. The summed E-state index contributed by atoms with van der Waals surface area (Å²) in [5.74, 6) is 1.65. The van der Waals surface area contributed by atoms with Crippen LogP contribution < -0.4 is 10.1 Å². The molecule has 6 heteroatoms. The van der Waals surface area contributed by atoms with Crippen molar-refractivity contribution in [1.29, 1.82) is 0 Å². The fraction of sp³-hybridized carbons (Fsp3) is 0.375. The maximum Gasteiger partial charge on any atom is 0.126 e. The number of fused-ring (bicyclic) bond motifs is 1. The van der Waals surface area contributed by atoms with Crippen LogP contribution in [0, 0.1) is 0 Å². The summed E-state index contributed by atoms with van der Waals surface area (Å²) in [5, 5.41) is 15.5. The lowest BCUT2D eigenvalue weighted by molar-refractivity contribution is 0.0955. The molecular weight excluding hydrogens is 378 g/mol. The molecule has 1 aliphatic rings. The lowest BCUT2D eigenvalue weighted by Crippen LogP contribution is -2.43. The molecule has 0 radical (unpaired) electrons. The molecule has 1 saturated heterocycles. The first-order valence-electron chi connectivity index (χ1n) is 10.5. The molecule has 0 amide bonds. The van der Waals surface area contributed by atoms with Crippen LogP contribution in [0.1, 0.15) is 30.3 Å². The molecular formula is C24H29N3O3. The van der Waals surface area contributed by atoms with Crippen molar-refractivity contribution in [1.82, 2.24) is 15.2 Å². The summed E-state index contributed by atoms with van der Waals surface area (Å²) < 4.78 is 10.6. The van der Waals surface area contributed by atoms with Gasteiger partial charge in [0.1, 0.15) is 11.5 Å². The van der Waals surface area contributed by atoms with E-state index in [1.54, 1.807) is 19.6 Å². The van der Waals surface area contributed by atoms with Crippen molar-refractivity contribution in [3.8, 4) is 5.75 Å². The van der Waals surface area contributed by atoms with Crippen LogP contribution in [0.15, 0.2) is 59.4 Å². The van der Waals surface area contributed by atoms with Crippen LogP contribution in [-0.4, -0.2) is 54.3 Å². The number of methoxy groups -OCH3 is 1. The average Bonchev–Trinajstić information content (AvgIpc) is 3.30. The largest absolute Gasteiger partial charge is 0.497 e. The normalized spacial score (nSPS) is 17.0. The van der Waals surface area contributed by atoms with Gasteiger partial charge in [-0.15, -0.1) is 0 Å². The fourth-order valence-corrected chi connectivity index (χ4v) is 4.02. The van der Waals surface area contributed by atoms with Crippen molar-refractivity contribution in [3.63, 3.8) is 0 Å².